The minimum atomic E-state index is -0.856. The largest absolute Gasteiger partial charge is 0.481 e. The Morgan fingerprint density at radius 1 is 1.32 bits per heavy atom. The van der Waals surface area contributed by atoms with E-state index < -0.39 is 11.9 Å². The first-order valence-corrected chi connectivity index (χ1v) is 6.58. The molecule has 0 radical (unpaired) electrons. The van der Waals surface area contributed by atoms with Crippen molar-refractivity contribution in [1.29, 1.82) is 0 Å². The zero-order valence-electron chi connectivity index (χ0n) is 11.0. The van der Waals surface area contributed by atoms with Crippen LogP contribution in [0.4, 0.5) is 0 Å². The summed E-state index contributed by atoms with van der Waals surface area (Å²) in [6, 6.07) is 7.06. The second-order valence-electron chi connectivity index (χ2n) is 4.16. The van der Waals surface area contributed by atoms with Crippen LogP contribution in [0.15, 0.2) is 24.3 Å². The van der Waals surface area contributed by atoms with Crippen molar-refractivity contribution in [3.63, 3.8) is 0 Å². The number of carboxylic acids is 1. The van der Waals surface area contributed by atoms with E-state index >= 15 is 0 Å². The van der Waals surface area contributed by atoms with Crippen molar-refractivity contribution in [2.24, 2.45) is 0 Å². The van der Waals surface area contributed by atoms with Gasteiger partial charge in [-0.1, -0.05) is 29.8 Å². The third kappa shape index (κ3) is 5.59. The highest BCUT2D eigenvalue weighted by molar-refractivity contribution is 6.31. The smallest absolute Gasteiger partial charge is 0.311 e. The van der Waals surface area contributed by atoms with Crippen LogP contribution in [0.5, 0.6) is 0 Å². The Labute approximate surface area is 118 Å². The molecule has 0 aromatic heterocycles. The van der Waals surface area contributed by atoms with Gasteiger partial charge in [-0.2, -0.15) is 0 Å². The minimum Gasteiger partial charge on any atom is -0.481 e. The van der Waals surface area contributed by atoms with Crippen molar-refractivity contribution in [3.8, 4) is 0 Å². The molecule has 1 aromatic rings. The van der Waals surface area contributed by atoms with Crippen LogP contribution in [0.2, 0.25) is 5.02 Å². The fraction of sp³-hybridized carbons (Fsp3) is 0.500. The number of rotatable bonds is 9. The molecular weight excluding hydrogens is 268 g/mol. The molecule has 0 saturated heterocycles. The van der Waals surface area contributed by atoms with E-state index in [4.69, 9.17) is 21.1 Å². The number of hydrogen-bond acceptors (Lipinski definition) is 3. The first kappa shape index (κ1) is 16.0. The third-order valence-corrected chi connectivity index (χ3v) is 3.14. The maximum atomic E-state index is 11.3. The molecule has 1 rings (SSSR count). The van der Waals surface area contributed by atoms with E-state index in [1.54, 1.807) is 31.4 Å². The van der Waals surface area contributed by atoms with Crippen molar-refractivity contribution < 1.29 is 19.4 Å². The molecule has 1 N–H and O–H groups in total. The zero-order valence-corrected chi connectivity index (χ0v) is 11.7. The Morgan fingerprint density at radius 3 is 2.68 bits per heavy atom. The Hall–Kier alpha value is -1.10. The molecule has 0 spiro atoms. The predicted molar refractivity (Wildman–Crippen MR) is 73.8 cm³/mol. The van der Waals surface area contributed by atoms with Crippen LogP contribution in [0.3, 0.4) is 0 Å². The van der Waals surface area contributed by atoms with Gasteiger partial charge < -0.3 is 14.6 Å². The third-order valence-electron chi connectivity index (χ3n) is 2.79. The predicted octanol–water partition coefficient (Wildman–Crippen LogP) is 2.95. The molecule has 0 fully saturated rings. The van der Waals surface area contributed by atoms with E-state index in [1.165, 1.54) is 0 Å². The molecule has 0 heterocycles. The molecular formula is C14H19ClO4. The number of aliphatic carboxylic acids is 1. The maximum Gasteiger partial charge on any atom is 0.311 e. The summed E-state index contributed by atoms with van der Waals surface area (Å²) in [4.78, 5) is 11.3. The van der Waals surface area contributed by atoms with Crippen molar-refractivity contribution >= 4 is 17.6 Å². The van der Waals surface area contributed by atoms with Gasteiger partial charge in [-0.25, -0.2) is 0 Å². The van der Waals surface area contributed by atoms with E-state index in [0.29, 0.717) is 43.2 Å². The highest BCUT2D eigenvalue weighted by Crippen LogP contribution is 2.28. The monoisotopic (exact) mass is 286 g/mol. The lowest BCUT2D eigenvalue weighted by molar-refractivity contribution is -0.139. The molecule has 0 amide bonds. The summed E-state index contributed by atoms with van der Waals surface area (Å²) in [5, 5.41) is 9.77. The molecule has 1 aromatic carbocycles. The summed E-state index contributed by atoms with van der Waals surface area (Å²) in [5.41, 5.74) is 0.661. The Morgan fingerprint density at radius 2 is 2.05 bits per heavy atom. The SMILES string of the molecule is COCCOCCCC(C(=O)O)c1ccccc1Cl. The number of carbonyl (C=O) groups is 1. The van der Waals surface area contributed by atoms with Crippen molar-refractivity contribution in [2.45, 2.75) is 18.8 Å². The molecule has 0 aliphatic heterocycles. The van der Waals surface area contributed by atoms with Crippen LogP contribution in [0.1, 0.15) is 24.3 Å². The second kappa shape index (κ2) is 8.91. The summed E-state index contributed by atoms with van der Waals surface area (Å²) >= 11 is 6.03. The van der Waals surface area contributed by atoms with Crippen LogP contribution in [-0.2, 0) is 14.3 Å². The second-order valence-corrected chi connectivity index (χ2v) is 4.57. The van der Waals surface area contributed by atoms with Crippen molar-refractivity contribution in [3.05, 3.63) is 34.9 Å². The molecule has 0 aliphatic rings. The Balaban J connectivity index is 2.46. The lowest BCUT2D eigenvalue weighted by Gasteiger charge is -2.14. The molecule has 106 valence electrons. The van der Waals surface area contributed by atoms with E-state index in [2.05, 4.69) is 0 Å². The van der Waals surface area contributed by atoms with Gasteiger partial charge in [0.05, 0.1) is 19.1 Å². The first-order chi connectivity index (χ1) is 9.16. The topological polar surface area (TPSA) is 55.8 Å². The normalized spacial score (nSPS) is 12.3. The zero-order chi connectivity index (χ0) is 14.1. The summed E-state index contributed by atoms with van der Waals surface area (Å²) in [6.45, 7) is 1.60. The molecule has 1 unspecified atom stereocenters. The van der Waals surface area contributed by atoms with Crippen molar-refractivity contribution in [2.75, 3.05) is 26.9 Å². The van der Waals surface area contributed by atoms with E-state index in [-0.39, 0.29) is 0 Å². The summed E-state index contributed by atoms with van der Waals surface area (Å²) < 4.78 is 10.2. The summed E-state index contributed by atoms with van der Waals surface area (Å²) in [5.74, 6) is -1.44. The Kier molecular flexibility index (Phi) is 7.48. The minimum absolute atomic E-state index is 0.496. The molecule has 19 heavy (non-hydrogen) atoms. The number of carboxylic acid groups (broad SMARTS) is 1. The molecule has 0 saturated carbocycles. The van der Waals surface area contributed by atoms with Gasteiger partial charge in [0, 0.05) is 18.7 Å². The van der Waals surface area contributed by atoms with Gasteiger partial charge in [-0.15, -0.1) is 0 Å². The van der Waals surface area contributed by atoms with E-state index in [1.807, 2.05) is 0 Å². The van der Waals surface area contributed by atoms with Crippen LogP contribution >= 0.6 is 11.6 Å². The molecule has 0 aliphatic carbocycles. The average molecular weight is 287 g/mol. The maximum absolute atomic E-state index is 11.3. The van der Waals surface area contributed by atoms with E-state index in [0.717, 1.165) is 0 Å². The van der Waals surface area contributed by atoms with Gasteiger partial charge in [0.2, 0.25) is 0 Å². The van der Waals surface area contributed by atoms with Gasteiger partial charge in [-0.05, 0) is 24.5 Å². The number of ether oxygens (including phenoxy) is 2. The molecule has 1 atom stereocenters. The lowest BCUT2D eigenvalue weighted by atomic mass is 9.94. The highest BCUT2D eigenvalue weighted by Gasteiger charge is 2.21. The molecule has 0 bridgehead atoms. The first-order valence-electron chi connectivity index (χ1n) is 6.20. The number of benzene rings is 1. The summed E-state index contributed by atoms with van der Waals surface area (Å²) in [7, 11) is 1.61. The molecule has 5 heteroatoms. The fourth-order valence-corrected chi connectivity index (χ4v) is 2.07. The van der Waals surface area contributed by atoms with Gasteiger partial charge in [-0.3, -0.25) is 4.79 Å². The molecule has 4 nitrogen and oxygen atoms in total. The lowest BCUT2D eigenvalue weighted by Crippen LogP contribution is -2.13. The fourth-order valence-electron chi connectivity index (χ4n) is 1.80. The van der Waals surface area contributed by atoms with Crippen LogP contribution in [0, 0.1) is 0 Å². The number of halogens is 1. The standard InChI is InChI=1S/C14H19ClO4/c1-18-9-10-19-8-4-6-12(14(16)17)11-5-2-3-7-13(11)15/h2-3,5,7,12H,4,6,8-10H2,1H3,(H,16,17). The van der Waals surface area contributed by atoms with Crippen LogP contribution in [-0.4, -0.2) is 38.0 Å². The van der Waals surface area contributed by atoms with Gasteiger partial charge in [0.25, 0.3) is 0 Å². The van der Waals surface area contributed by atoms with Gasteiger partial charge in [0.1, 0.15) is 0 Å². The van der Waals surface area contributed by atoms with Gasteiger partial charge >= 0.3 is 5.97 Å². The van der Waals surface area contributed by atoms with E-state index in [9.17, 15) is 9.90 Å². The van der Waals surface area contributed by atoms with Crippen LogP contribution < -0.4 is 0 Å². The quantitative estimate of drug-likeness (QED) is 0.709. The Bertz CT molecular complexity index is 395. The number of hydrogen-bond donors (Lipinski definition) is 1. The number of methoxy groups -OCH3 is 1. The van der Waals surface area contributed by atoms with Gasteiger partial charge in [0.15, 0.2) is 0 Å². The van der Waals surface area contributed by atoms with Crippen molar-refractivity contribution in [1.82, 2.24) is 0 Å². The summed E-state index contributed by atoms with van der Waals surface area (Å²) in [6.07, 6.45) is 1.18. The van der Waals surface area contributed by atoms with Crippen LogP contribution in [0.25, 0.3) is 0 Å². The highest BCUT2D eigenvalue weighted by atomic mass is 35.5. The average Bonchev–Trinajstić information content (AvgIpc) is 2.39.